The zero-order valence-electron chi connectivity index (χ0n) is 12.9. The molecule has 0 aromatic heterocycles. The number of carbonyl (C=O) groups is 2. The summed E-state index contributed by atoms with van der Waals surface area (Å²) < 4.78 is 17.7. The fourth-order valence-corrected chi connectivity index (χ4v) is 3.06. The number of thioether (sulfide) groups is 1. The van der Waals surface area contributed by atoms with Crippen molar-refractivity contribution >= 4 is 46.8 Å². The second kappa shape index (κ2) is 9.65. The van der Waals surface area contributed by atoms with Gasteiger partial charge in [-0.3, -0.25) is 9.59 Å². The molecule has 2 aromatic rings. The lowest BCUT2D eigenvalue weighted by Gasteiger charge is -2.07. The number of hydrogen-bond acceptors (Lipinski definition) is 4. The molecule has 2 aromatic carbocycles. The quantitative estimate of drug-likeness (QED) is 0.560. The smallest absolute Gasteiger partial charge is 0.316 e. The van der Waals surface area contributed by atoms with Gasteiger partial charge in [-0.25, -0.2) is 4.39 Å². The number of nitrogens with one attached hydrogen (secondary N) is 1. The third-order valence-electron chi connectivity index (χ3n) is 3.01. The van der Waals surface area contributed by atoms with Gasteiger partial charge in [-0.05, 0) is 35.9 Å². The van der Waals surface area contributed by atoms with Gasteiger partial charge < -0.3 is 10.1 Å². The lowest BCUT2D eigenvalue weighted by molar-refractivity contribution is -0.145. The molecule has 8 heteroatoms. The molecular weight excluding hydrogens is 388 g/mol. The Kier molecular flexibility index (Phi) is 7.55. The molecule has 0 aliphatic heterocycles. The molecule has 0 aliphatic rings. The van der Waals surface area contributed by atoms with E-state index < -0.39 is 11.9 Å². The van der Waals surface area contributed by atoms with E-state index in [2.05, 4.69) is 5.32 Å². The molecule has 0 atom stereocenters. The van der Waals surface area contributed by atoms with Crippen molar-refractivity contribution in [3.05, 3.63) is 63.9 Å². The van der Waals surface area contributed by atoms with Gasteiger partial charge in [-0.15, -0.1) is 11.8 Å². The lowest BCUT2D eigenvalue weighted by atomic mass is 10.2. The summed E-state index contributed by atoms with van der Waals surface area (Å²) in [5, 5.41) is 3.58. The lowest BCUT2D eigenvalue weighted by Crippen LogP contribution is -2.28. The van der Waals surface area contributed by atoms with E-state index in [0.29, 0.717) is 14.9 Å². The number of esters is 1. The van der Waals surface area contributed by atoms with Gasteiger partial charge in [0.05, 0.1) is 10.8 Å². The largest absolute Gasteiger partial charge is 0.455 e. The number of carbonyl (C=O) groups excluding carboxylic acids is 2. The van der Waals surface area contributed by atoms with Gasteiger partial charge in [0.2, 0.25) is 0 Å². The maximum atomic E-state index is 12.8. The molecule has 0 heterocycles. The zero-order valence-corrected chi connectivity index (χ0v) is 15.3. The van der Waals surface area contributed by atoms with Crippen molar-refractivity contribution in [1.82, 2.24) is 5.32 Å². The van der Waals surface area contributed by atoms with Crippen LogP contribution in [-0.2, 0) is 20.9 Å². The standard InChI is InChI=1S/C17H14Cl2FNO3S/c18-12-3-6-14(19)15(7-12)25-10-17(23)24-9-16(22)21-8-11-1-4-13(20)5-2-11/h1-7H,8-10H2,(H,21,22). The van der Waals surface area contributed by atoms with Crippen LogP contribution in [0.5, 0.6) is 0 Å². The van der Waals surface area contributed by atoms with E-state index in [0.717, 1.165) is 5.56 Å². The zero-order chi connectivity index (χ0) is 18.2. The minimum absolute atomic E-state index is 0.00526. The second-order valence-corrected chi connectivity index (χ2v) is 6.79. The van der Waals surface area contributed by atoms with Crippen LogP contribution in [0.25, 0.3) is 0 Å². The number of benzene rings is 2. The SMILES string of the molecule is O=C(COC(=O)CSc1cc(Cl)ccc1Cl)NCc1ccc(F)cc1. The van der Waals surface area contributed by atoms with E-state index in [9.17, 15) is 14.0 Å². The number of halogens is 3. The highest BCUT2D eigenvalue weighted by atomic mass is 35.5. The van der Waals surface area contributed by atoms with Gasteiger partial charge in [0, 0.05) is 16.5 Å². The van der Waals surface area contributed by atoms with E-state index in [1.54, 1.807) is 30.3 Å². The number of hydrogen-bond donors (Lipinski definition) is 1. The van der Waals surface area contributed by atoms with E-state index in [-0.39, 0.29) is 24.7 Å². The van der Waals surface area contributed by atoms with E-state index in [1.807, 2.05) is 0 Å². The molecule has 2 rings (SSSR count). The van der Waals surface area contributed by atoms with Crippen LogP contribution in [0.2, 0.25) is 10.0 Å². The first kappa shape index (κ1) is 19.6. The highest BCUT2D eigenvalue weighted by Gasteiger charge is 2.10. The highest BCUT2D eigenvalue weighted by molar-refractivity contribution is 8.00. The first-order valence-electron chi connectivity index (χ1n) is 7.18. The molecule has 132 valence electrons. The van der Waals surface area contributed by atoms with E-state index in [4.69, 9.17) is 27.9 Å². The third kappa shape index (κ3) is 6.94. The molecular formula is C17H14Cl2FNO3S. The fourth-order valence-electron chi connectivity index (χ4n) is 1.77. The summed E-state index contributed by atoms with van der Waals surface area (Å²) in [7, 11) is 0. The minimum Gasteiger partial charge on any atom is -0.455 e. The summed E-state index contributed by atoms with van der Waals surface area (Å²) in [6.07, 6.45) is 0. The Hall–Kier alpha value is -1.76. The summed E-state index contributed by atoms with van der Waals surface area (Å²) in [4.78, 5) is 24.0. The van der Waals surface area contributed by atoms with Crippen LogP contribution in [0.1, 0.15) is 5.56 Å². The van der Waals surface area contributed by atoms with Crippen molar-refractivity contribution in [3.8, 4) is 0 Å². The Balaban J connectivity index is 1.69. The predicted octanol–water partition coefficient (Wildman–Crippen LogP) is 4.08. The minimum atomic E-state index is -0.544. The number of amides is 1. The molecule has 0 radical (unpaired) electrons. The molecule has 0 bridgehead atoms. The van der Waals surface area contributed by atoms with Gasteiger partial charge in [0.25, 0.3) is 5.91 Å². The molecule has 0 fully saturated rings. The van der Waals surface area contributed by atoms with Gasteiger partial charge in [-0.1, -0.05) is 35.3 Å². The van der Waals surface area contributed by atoms with Gasteiger partial charge in [0.15, 0.2) is 6.61 Å². The molecule has 0 aliphatic carbocycles. The summed E-state index contributed by atoms with van der Waals surface area (Å²) in [6.45, 7) is -0.159. The van der Waals surface area contributed by atoms with Crippen LogP contribution >= 0.6 is 35.0 Å². The maximum Gasteiger partial charge on any atom is 0.316 e. The highest BCUT2D eigenvalue weighted by Crippen LogP contribution is 2.29. The topological polar surface area (TPSA) is 55.4 Å². The van der Waals surface area contributed by atoms with E-state index >= 15 is 0 Å². The van der Waals surface area contributed by atoms with Crippen LogP contribution in [0.4, 0.5) is 4.39 Å². The Labute approximate surface area is 158 Å². The van der Waals surface area contributed by atoms with Gasteiger partial charge in [0.1, 0.15) is 5.82 Å². The Bertz CT molecular complexity index is 756. The van der Waals surface area contributed by atoms with Crippen molar-refractivity contribution in [1.29, 1.82) is 0 Å². The van der Waals surface area contributed by atoms with Crippen molar-refractivity contribution in [2.24, 2.45) is 0 Å². The normalized spacial score (nSPS) is 10.4. The van der Waals surface area contributed by atoms with Crippen LogP contribution < -0.4 is 5.32 Å². The first-order chi connectivity index (χ1) is 11.9. The summed E-state index contributed by atoms with van der Waals surface area (Å²) >= 11 is 13.0. The average molecular weight is 402 g/mol. The molecule has 0 saturated carbocycles. The molecule has 1 N–H and O–H groups in total. The van der Waals surface area contributed by atoms with Crippen molar-refractivity contribution in [2.45, 2.75) is 11.4 Å². The average Bonchev–Trinajstić information content (AvgIpc) is 2.60. The molecule has 25 heavy (non-hydrogen) atoms. The van der Waals surface area contributed by atoms with Crippen LogP contribution in [0.3, 0.4) is 0 Å². The van der Waals surface area contributed by atoms with Gasteiger partial charge in [-0.2, -0.15) is 0 Å². The van der Waals surface area contributed by atoms with Gasteiger partial charge >= 0.3 is 5.97 Å². The third-order valence-corrected chi connectivity index (χ3v) is 4.71. The predicted molar refractivity (Wildman–Crippen MR) is 96.4 cm³/mol. The summed E-state index contributed by atoms with van der Waals surface area (Å²) in [6, 6.07) is 10.7. The summed E-state index contributed by atoms with van der Waals surface area (Å²) in [5.41, 5.74) is 0.743. The summed E-state index contributed by atoms with van der Waals surface area (Å²) in [5.74, 6) is -1.33. The molecule has 0 spiro atoms. The Morgan fingerprint density at radius 1 is 1.12 bits per heavy atom. The van der Waals surface area contributed by atoms with Crippen LogP contribution in [0, 0.1) is 5.82 Å². The fraction of sp³-hybridized carbons (Fsp3) is 0.176. The maximum absolute atomic E-state index is 12.8. The molecule has 4 nitrogen and oxygen atoms in total. The monoisotopic (exact) mass is 401 g/mol. The Morgan fingerprint density at radius 2 is 1.84 bits per heavy atom. The van der Waals surface area contributed by atoms with Crippen LogP contribution in [-0.4, -0.2) is 24.2 Å². The van der Waals surface area contributed by atoms with Crippen LogP contribution in [0.15, 0.2) is 47.4 Å². The number of rotatable bonds is 7. The number of ether oxygens (including phenoxy) is 1. The van der Waals surface area contributed by atoms with Crippen molar-refractivity contribution in [3.63, 3.8) is 0 Å². The van der Waals surface area contributed by atoms with Crippen molar-refractivity contribution < 1.29 is 18.7 Å². The Morgan fingerprint density at radius 3 is 2.56 bits per heavy atom. The van der Waals surface area contributed by atoms with E-state index in [1.165, 1.54) is 23.9 Å². The van der Waals surface area contributed by atoms with Crippen molar-refractivity contribution in [2.75, 3.05) is 12.4 Å². The molecule has 1 amide bonds. The molecule has 0 saturated heterocycles. The molecule has 0 unspecified atom stereocenters. The first-order valence-corrected chi connectivity index (χ1v) is 8.93. The second-order valence-electron chi connectivity index (χ2n) is 4.93.